The number of rotatable bonds is 3. The van der Waals surface area contributed by atoms with Gasteiger partial charge in [-0.25, -0.2) is 4.98 Å². The van der Waals surface area contributed by atoms with Gasteiger partial charge < -0.3 is 4.74 Å². The second-order valence-corrected chi connectivity index (χ2v) is 6.08. The number of hydrogen-bond acceptors (Lipinski definition) is 4. The first-order chi connectivity index (χ1) is 8.85. The maximum atomic E-state index is 5.15. The van der Waals surface area contributed by atoms with Crippen molar-refractivity contribution in [3.8, 4) is 5.75 Å². The van der Waals surface area contributed by atoms with Crippen LogP contribution in [0.2, 0.25) is 0 Å². The molecule has 0 aliphatic rings. The van der Waals surface area contributed by atoms with Crippen LogP contribution in [0, 0.1) is 0 Å². The number of benzene rings is 2. The standard InChI is InChI=1S/C14H11NOS2/c1-16-10-6-8-11(9-7-10)17-14-15-12-4-2-3-5-13(12)18-14/h2-9H,1H3. The summed E-state index contributed by atoms with van der Waals surface area (Å²) in [5.41, 5.74) is 1.07. The zero-order valence-electron chi connectivity index (χ0n) is 9.79. The van der Waals surface area contributed by atoms with E-state index in [0.29, 0.717) is 0 Å². The summed E-state index contributed by atoms with van der Waals surface area (Å²) in [4.78, 5) is 5.78. The van der Waals surface area contributed by atoms with E-state index in [9.17, 15) is 0 Å². The smallest absolute Gasteiger partial charge is 0.155 e. The molecular formula is C14H11NOS2. The SMILES string of the molecule is COc1ccc(Sc2nc3ccccc3s2)cc1. The maximum Gasteiger partial charge on any atom is 0.155 e. The van der Waals surface area contributed by atoms with Crippen molar-refractivity contribution >= 4 is 33.3 Å². The fourth-order valence-corrected chi connectivity index (χ4v) is 3.68. The molecule has 0 atom stereocenters. The predicted octanol–water partition coefficient (Wildman–Crippen LogP) is 4.46. The second kappa shape index (κ2) is 5.00. The second-order valence-electron chi connectivity index (χ2n) is 3.73. The van der Waals surface area contributed by atoms with Crippen molar-refractivity contribution in [2.45, 2.75) is 9.24 Å². The number of fused-ring (bicyclic) bond motifs is 1. The van der Waals surface area contributed by atoms with Crippen molar-refractivity contribution < 1.29 is 4.74 Å². The normalized spacial score (nSPS) is 10.7. The molecule has 0 aliphatic heterocycles. The molecule has 1 aromatic heterocycles. The molecule has 0 spiro atoms. The van der Waals surface area contributed by atoms with E-state index in [2.05, 4.69) is 23.2 Å². The van der Waals surface area contributed by atoms with E-state index in [1.54, 1.807) is 30.2 Å². The molecular weight excluding hydrogens is 262 g/mol. The molecule has 0 bridgehead atoms. The average Bonchev–Trinajstić information content (AvgIpc) is 2.82. The number of para-hydroxylation sites is 1. The summed E-state index contributed by atoms with van der Waals surface area (Å²) in [5.74, 6) is 0.878. The molecule has 0 N–H and O–H groups in total. The van der Waals surface area contributed by atoms with Gasteiger partial charge in [0.15, 0.2) is 4.34 Å². The Morgan fingerprint density at radius 1 is 1.06 bits per heavy atom. The van der Waals surface area contributed by atoms with Crippen LogP contribution in [0.15, 0.2) is 57.8 Å². The molecule has 3 rings (SSSR count). The van der Waals surface area contributed by atoms with Crippen molar-refractivity contribution in [1.82, 2.24) is 4.98 Å². The van der Waals surface area contributed by atoms with Crippen molar-refractivity contribution in [3.63, 3.8) is 0 Å². The van der Waals surface area contributed by atoms with E-state index in [1.807, 2.05) is 30.3 Å². The monoisotopic (exact) mass is 273 g/mol. The van der Waals surface area contributed by atoms with Crippen LogP contribution in [0.5, 0.6) is 5.75 Å². The number of thiazole rings is 1. The van der Waals surface area contributed by atoms with Gasteiger partial charge in [0.25, 0.3) is 0 Å². The summed E-state index contributed by atoms with van der Waals surface area (Å²) in [6.45, 7) is 0. The third kappa shape index (κ3) is 2.35. The molecule has 4 heteroatoms. The number of methoxy groups -OCH3 is 1. The minimum Gasteiger partial charge on any atom is -0.497 e. The highest BCUT2D eigenvalue weighted by molar-refractivity contribution is 8.01. The number of hydrogen-bond donors (Lipinski definition) is 0. The lowest BCUT2D eigenvalue weighted by Gasteiger charge is -2.00. The fourth-order valence-electron chi connectivity index (χ4n) is 1.64. The van der Waals surface area contributed by atoms with Crippen LogP contribution in [-0.2, 0) is 0 Å². The van der Waals surface area contributed by atoms with Gasteiger partial charge in [0, 0.05) is 4.90 Å². The number of nitrogens with zero attached hydrogens (tertiary/aromatic N) is 1. The van der Waals surface area contributed by atoms with Crippen molar-refractivity contribution in [2.24, 2.45) is 0 Å². The highest BCUT2D eigenvalue weighted by Gasteiger charge is 2.05. The Balaban J connectivity index is 1.86. The maximum absolute atomic E-state index is 5.15. The Labute approximate surface area is 114 Å². The Hall–Kier alpha value is -1.52. The molecule has 0 unspecified atom stereocenters. The minimum atomic E-state index is 0.878. The molecule has 0 saturated heterocycles. The first-order valence-electron chi connectivity index (χ1n) is 5.52. The van der Waals surface area contributed by atoms with Gasteiger partial charge in [0.1, 0.15) is 5.75 Å². The van der Waals surface area contributed by atoms with Gasteiger partial charge in [0.05, 0.1) is 17.3 Å². The van der Waals surface area contributed by atoms with Crippen LogP contribution in [0.4, 0.5) is 0 Å². The number of aromatic nitrogens is 1. The largest absolute Gasteiger partial charge is 0.497 e. The molecule has 0 aliphatic carbocycles. The van der Waals surface area contributed by atoms with Crippen LogP contribution >= 0.6 is 23.1 Å². The van der Waals surface area contributed by atoms with E-state index >= 15 is 0 Å². The van der Waals surface area contributed by atoms with Gasteiger partial charge in [-0.2, -0.15) is 0 Å². The summed E-state index contributed by atoms with van der Waals surface area (Å²) < 4.78 is 7.45. The molecule has 1 heterocycles. The van der Waals surface area contributed by atoms with Gasteiger partial charge in [-0.15, -0.1) is 11.3 Å². The molecule has 3 aromatic rings. The zero-order chi connectivity index (χ0) is 12.4. The van der Waals surface area contributed by atoms with E-state index in [1.165, 1.54) is 9.60 Å². The lowest BCUT2D eigenvalue weighted by atomic mass is 10.3. The molecule has 0 amide bonds. The quantitative estimate of drug-likeness (QED) is 0.703. The highest BCUT2D eigenvalue weighted by Crippen LogP contribution is 2.34. The highest BCUT2D eigenvalue weighted by atomic mass is 32.2. The Morgan fingerprint density at radius 3 is 2.56 bits per heavy atom. The molecule has 90 valence electrons. The van der Waals surface area contributed by atoms with Gasteiger partial charge in [-0.3, -0.25) is 0 Å². The summed E-state index contributed by atoms with van der Waals surface area (Å²) >= 11 is 3.41. The first kappa shape index (κ1) is 11.6. The van der Waals surface area contributed by atoms with Crippen molar-refractivity contribution in [2.75, 3.05) is 7.11 Å². The average molecular weight is 273 g/mol. The van der Waals surface area contributed by atoms with Crippen LogP contribution in [0.25, 0.3) is 10.2 Å². The Kier molecular flexibility index (Phi) is 3.21. The van der Waals surface area contributed by atoms with Crippen molar-refractivity contribution in [1.29, 1.82) is 0 Å². The summed E-state index contributed by atoms with van der Waals surface area (Å²) in [6.07, 6.45) is 0. The molecule has 2 nitrogen and oxygen atoms in total. The topological polar surface area (TPSA) is 22.1 Å². The third-order valence-corrected chi connectivity index (χ3v) is 4.64. The summed E-state index contributed by atoms with van der Waals surface area (Å²) in [5, 5.41) is 0. The summed E-state index contributed by atoms with van der Waals surface area (Å²) in [6, 6.07) is 16.2. The number of ether oxygens (including phenoxy) is 1. The molecule has 0 radical (unpaired) electrons. The van der Waals surface area contributed by atoms with Crippen LogP contribution in [-0.4, -0.2) is 12.1 Å². The Morgan fingerprint density at radius 2 is 1.83 bits per heavy atom. The lowest BCUT2D eigenvalue weighted by molar-refractivity contribution is 0.414. The van der Waals surface area contributed by atoms with E-state index < -0.39 is 0 Å². The van der Waals surface area contributed by atoms with Gasteiger partial charge >= 0.3 is 0 Å². The Bertz CT molecular complexity index is 628. The minimum absolute atomic E-state index is 0.878. The molecule has 2 aromatic carbocycles. The third-order valence-electron chi connectivity index (χ3n) is 2.54. The van der Waals surface area contributed by atoms with E-state index in [-0.39, 0.29) is 0 Å². The van der Waals surface area contributed by atoms with Crippen LogP contribution < -0.4 is 4.74 Å². The fraction of sp³-hybridized carbons (Fsp3) is 0.0714. The van der Waals surface area contributed by atoms with Crippen LogP contribution in [0.1, 0.15) is 0 Å². The molecule has 18 heavy (non-hydrogen) atoms. The lowest BCUT2D eigenvalue weighted by Crippen LogP contribution is -1.81. The van der Waals surface area contributed by atoms with Gasteiger partial charge in [-0.1, -0.05) is 23.9 Å². The van der Waals surface area contributed by atoms with Gasteiger partial charge in [0.2, 0.25) is 0 Å². The predicted molar refractivity (Wildman–Crippen MR) is 76.7 cm³/mol. The van der Waals surface area contributed by atoms with E-state index in [0.717, 1.165) is 15.6 Å². The zero-order valence-corrected chi connectivity index (χ0v) is 11.4. The van der Waals surface area contributed by atoms with Gasteiger partial charge in [-0.05, 0) is 36.4 Å². The molecule has 0 saturated carbocycles. The van der Waals surface area contributed by atoms with E-state index in [4.69, 9.17) is 4.74 Å². The summed E-state index contributed by atoms with van der Waals surface area (Å²) in [7, 11) is 1.68. The first-order valence-corrected chi connectivity index (χ1v) is 7.16. The van der Waals surface area contributed by atoms with Crippen LogP contribution in [0.3, 0.4) is 0 Å². The molecule has 0 fully saturated rings. The van der Waals surface area contributed by atoms with Crippen molar-refractivity contribution in [3.05, 3.63) is 48.5 Å².